The van der Waals surface area contributed by atoms with Gasteiger partial charge in [0.15, 0.2) is 0 Å². The monoisotopic (exact) mass is 333 g/mol. The molecule has 1 N–H and O–H groups in total. The van der Waals surface area contributed by atoms with Crippen LogP contribution in [-0.4, -0.2) is 38.4 Å². The normalized spacial score (nSPS) is 23.7. The summed E-state index contributed by atoms with van der Waals surface area (Å²) < 4.78 is 26.8. The molecular weight excluding hydrogens is 310 g/mol. The molecule has 0 aliphatic carbocycles. The van der Waals surface area contributed by atoms with Crippen LogP contribution in [0.5, 0.6) is 0 Å². The van der Waals surface area contributed by atoms with Crippen LogP contribution in [0.3, 0.4) is 0 Å². The highest BCUT2D eigenvalue weighted by molar-refractivity contribution is 7.88. The van der Waals surface area contributed by atoms with E-state index < -0.39 is 10.0 Å². The Bertz CT molecular complexity index is 682. The third-order valence-electron chi connectivity index (χ3n) is 4.96. The van der Waals surface area contributed by atoms with Crippen molar-refractivity contribution in [1.82, 2.24) is 9.62 Å². The van der Waals surface area contributed by atoms with Gasteiger partial charge in [0.1, 0.15) is 0 Å². The van der Waals surface area contributed by atoms with Gasteiger partial charge in [-0.1, -0.05) is 12.1 Å². The number of sulfonamides is 1. The maximum atomic E-state index is 12.6. The molecule has 0 bridgehead atoms. The van der Waals surface area contributed by atoms with E-state index in [0.29, 0.717) is 36.2 Å². The number of nitriles is 1. The lowest BCUT2D eigenvalue weighted by Gasteiger charge is -2.34. The fourth-order valence-corrected chi connectivity index (χ4v) is 5.25. The van der Waals surface area contributed by atoms with Gasteiger partial charge in [0.2, 0.25) is 10.0 Å². The van der Waals surface area contributed by atoms with Gasteiger partial charge < -0.3 is 5.32 Å². The van der Waals surface area contributed by atoms with Crippen LogP contribution in [0.25, 0.3) is 0 Å². The second-order valence-electron chi connectivity index (χ2n) is 6.51. The summed E-state index contributed by atoms with van der Waals surface area (Å²) in [6.07, 6.45) is 4.33. The number of nitrogens with zero attached hydrogens (tertiary/aromatic N) is 2. The summed E-state index contributed by atoms with van der Waals surface area (Å²) in [5.74, 6) is 0.584. The van der Waals surface area contributed by atoms with Crippen LogP contribution in [0.15, 0.2) is 24.3 Å². The van der Waals surface area contributed by atoms with Gasteiger partial charge in [-0.2, -0.15) is 5.26 Å². The first-order valence-electron chi connectivity index (χ1n) is 8.29. The van der Waals surface area contributed by atoms with Crippen LogP contribution in [0.2, 0.25) is 0 Å². The van der Waals surface area contributed by atoms with Gasteiger partial charge in [0.05, 0.1) is 17.4 Å². The molecule has 2 fully saturated rings. The average molecular weight is 333 g/mol. The molecule has 1 aromatic carbocycles. The number of rotatable bonds is 4. The summed E-state index contributed by atoms with van der Waals surface area (Å²) in [6, 6.07) is 9.49. The maximum absolute atomic E-state index is 12.6. The number of piperidine rings is 1. The smallest absolute Gasteiger partial charge is 0.218 e. The highest BCUT2D eigenvalue weighted by Gasteiger charge is 2.32. The molecule has 6 heteroatoms. The second kappa shape index (κ2) is 7.00. The molecule has 23 heavy (non-hydrogen) atoms. The zero-order valence-electron chi connectivity index (χ0n) is 13.2. The van der Waals surface area contributed by atoms with Gasteiger partial charge in [-0.3, -0.25) is 0 Å². The lowest BCUT2D eigenvalue weighted by molar-refractivity contribution is 0.234. The minimum Gasteiger partial charge on any atom is -0.314 e. The number of hydrogen-bond donors (Lipinski definition) is 1. The van der Waals surface area contributed by atoms with Gasteiger partial charge in [0, 0.05) is 19.1 Å². The van der Waals surface area contributed by atoms with Crippen LogP contribution in [-0.2, 0) is 15.8 Å². The Hall–Kier alpha value is -1.42. The summed E-state index contributed by atoms with van der Waals surface area (Å²) in [6.45, 7) is 2.32. The molecular formula is C17H23N3O2S. The van der Waals surface area contributed by atoms with Gasteiger partial charge in [-0.05, 0) is 55.8 Å². The minimum atomic E-state index is -3.30. The van der Waals surface area contributed by atoms with Crippen molar-refractivity contribution in [2.24, 2.45) is 5.92 Å². The van der Waals surface area contributed by atoms with Gasteiger partial charge in [-0.25, -0.2) is 12.7 Å². The van der Waals surface area contributed by atoms with Crippen molar-refractivity contribution in [2.45, 2.75) is 37.5 Å². The second-order valence-corrected chi connectivity index (χ2v) is 8.48. The third-order valence-corrected chi connectivity index (χ3v) is 6.81. The summed E-state index contributed by atoms with van der Waals surface area (Å²) in [7, 11) is -3.30. The molecule has 2 heterocycles. The maximum Gasteiger partial charge on any atom is 0.218 e. The van der Waals surface area contributed by atoms with E-state index in [9.17, 15) is 8.42 Å². The largest absolute Gasteiger partial charge is 0.314 e. The van der Waals surface area contributed by atoms with Gasteiger partial charge in [-0.15, -0.1) is 0 Å². The first kappa shape index (κ1) is 16.4. The molecule has 1 aromatic rings. The SMILES string of the molecule is N#Cc1cccc(CS(=O)(=O)N2CCC(C3CCCN3)CC2)c1. The first-order chi connectivity index (χ1) is 11.1. The van der Waals surface area contributed by atoms with Crippen molar-refractivity contribution in [3.63, 3.8) is 0 Å². The molecule has 0 spiro atoms. The van der Waals surface area contributed by atoms with Crippen molar-refractivity contribution in [1.29, 1.82) is 5.26 Å². The molecule has 124 valence electrons. The summed E-state index contributed by atoms with van der Waals surface area (Å²) >= 11 is 0. The van der Waals surface area contributed by atoms with E-state index in [4.69, 9.17) is 5.26 Å². The Morgan fingerprint density at radius 2 is 2.04 bits per heavy atom. The molecule has 3 rings (SSSR count). The van der Waals surface area contributed by atoms with E-state index in [2.05, 4.69) is 11.4 Å². The molecule has 2 saturated heterocycles. The molecule has 0 amide bonds. The van der Waals surface area contributed by atoms with Crippen molar-refractivity contribution in [3.05, 3.63) is 35.4 Å². The van der Waals surface area contributed by atoms with E-state index in [1.807, 2.05) is 0 Å². The topological polar surface area (TPSA) is 73.2 Å². The van der Waals surface area contributed by atoms with Crippen LogP contribution in [0.4, 0.5) is 0 Å². The Balaban J connectivity index is 1.61. The molecule has 0 saturated carbocycles. The average Bonchev–Trinajstić information content (AvgIpc) is 3.09. The van der Waals surface area contributed by atoms with Crippen molar-refractivity contribution >= 4 is 10.0 Å². The Morgan fingerprint density at radius 1 is 1.26 bits per heavy atom. The molecule has 1 atom stereocenters. The Kier molecular flexibility index (Phi) is 5.00. The molecule has 0 radical (unpaired) electrons. The molecule has 2 aliphatic heterocycles. The standard InChI is InChI=1S/C17H23N3O2S/c18-12-14-3-1-4-15(11-14)13-23(21,22)20-9-6-16(7-10-20)17-5-2-8-19-17/h1,3-4,11,16-17,19H,2,5-10,13H2. The third kappa shape index (κ3) is 3.92. The highest BCUT2D eigenvalue weighted by Crippen LogP contribution is 2.27. The van der Waals surface area contributed by atoms with E-state index in [1.165, 1.54) is 12.8 Å². The van der Waals surface area contributed by atoms with Gasteiger partial charge >= 0.3 is 0 Å². The van der Waals surface area contributed by atoms with E-state index in [-0.39, 0.29) is 5.75 Å². The molecule has 5 nitrogen and oxygen atoms in total. The highest BCUT2D eigenvalue weighted by atomic mass is 32.2. The lowest BCUT2D eigenvalue weighted by atomic mass is 9.89. The lowest BCUT2D eigenvalue weighted by Crippen LogP contribution is -2.43. The summed E-state index contributed by atoms with van der Waals surface area (Å²) in [4.78, 5) is 0. The predicted molar refractivity (Wildman–Crippen MR) is 89.1 cm³/mol. The number of hydrogen-bond acceptors (Lipinski definition) is 4. The van der Waals surface area contributed by atoms with Crippen LogP contribution < -0.4 is 5.32 Å². The van der Waals surface area contributed by atoms with Crippen LogP contribution in [0, 0.1) is 17.2 Å². The first-order valence-corrected chi connectivity index (χ1v) is 9.90. The molecule has 2 aliphatic rings. The summed E-state index contributed by atoms with van der Waals surface area (Å²) in [5, 5.41) is 12.5. The fourth-order valence-electron chi connectivity index (χ4n) is 3.70. The zero-order chi connectivity index (χ0) is 16.3. The molecule has 0 aromatic heterocycles. The molecule has 1 unspecified atom stereocenters. The van der Waals surface area contributed by atoms with E-state index in [1.54, 1.807) is 28.6 Å². The Morgan fingerprint density at radius 3 is 2.70 bits per heavy atom. The van der Waals surface area contributed by atoms with Crippen molar-refractivity contribution < 1.29 is 8.42 Å². The summed E-state index contributed by atoms with van der Waals surface area (Å²) in [5.41, 5.74) is 1.19. The Labute approximate surface area is 138 Å². The van der Waals surface area contributed by atoms with Crippen molar-refractivity contribution in [2.75, 3.05) is 19.6 Å². The predicted octanol–water partition coefficient (Wildman–Crippen LogP) is 1.85. The minimum absolute atomic E-state index is 0.0190. The van der Waals surface area contributed by atoms with E-state index >= 15 is 0 Å². The fraction of sp³-hybridized carbons (Fsp3) is 0.588. The number of nitrogens with one attached hydrogen (secondary N) is 1. The van der Waals surface area contributed by atoms with Crippen LogP contribution in [0.1, 0.15) is 36.8 Å². The zero-order valence-corrected chi connectivity index (χ0v) is 14.1. The van der Waals surface area contributed by atoms with Gasteiger partial charge in [0.25, 0.3) is 0 Å². The number of benzene rings is 1. The van der Waals surface area contributed by atoms with E-state index in [0.717, 1.165) is 19.4 Å². The van der Waals surface area contributed by atoms with Crippen molar-refractivity contribution in [3.8, 4) is 6.07 Å². The van der Waals surface area contributed by atoms with Crippen LogP contribution >= 0.6 is 0 Å². The quantitative estimate of drug-likeness (QED) is 0.913.